The molecule has 0 saturated heterocycles. The molecular formula is C12H22O4. The third-order valence-electron chi connectivity index (χ3n) is 2.39. The van der Waals surface area contributed by atoms with Gasteiger partial charge in [0.2, 0.25) is 0 Å². The lowest BCUT2D eigenvalue weighted by molar-refractivity contribution is -0.151. The van der Waals surface area contributed by atoms with E-state index in [0.717, 1.165) is 19.1 Å². The minimum absolute atomic E-state index is 0.243. The van der Waals surface area contributed by atoms with Gasteiger partial charge in [0.25, 0.3) is 0 Å². The number of aldehydes is 1. The summed E-state index contributed by atoms with van der Waals surface area (Å²) in [7, 11) is 0. The Morgan fingerprint density at radius 1 is 1.31 bits per heavy atom. The minimum Gasteiger partial charge on any atom is -0.479 e. The van der Waals surface area contributed by atoms with E-state index in [9.17, 15) is 9.59 Å². The van der Waals surface area contributed by atoms with Crippen molar-refractivity contribution in [3.8, 4) is 0 Å². The maximum atomic E-state index is 10.7. The van der Waals surface area contributed by atoms with Gasteiger partial charge in [-0.25, -0.2) is 4.79 Å². The number of ether oxygens (including phenoxy) is 1. The smallest absolute Gasteiger partial charge is 0.332 e. The van der Waals surface area contributed by atoms with Gasteiger partial charge in [-0.1, -0.05) is 32.6 Å². The highest BCUT2D eigenvalue weighted by Crippen LogP contribution is 2.06. The Hall–Kier alpha value is -0.900. The summed E-state index contributed by atoms with van der Waals surface area (Å²) < 4.78 is 5.23. The number of hydrogen-bond acceptors (Lipinski definition) is 3. The summed E-state index contributed by atoms with van der Waals surface area (Å²) in [6.07, 6.45) is 5.97. The molecule has 0 heterocycles. The summed E-state index contributed by atoms with van der Waals surface area (Å²) in [6.45, 7) is 2.62. The van der Waals surface area contributed by atoms with Crippen LogP contribution in [0, 0.1) is 0 Å². The lowest BCUT2D eigenvalue weighted by atomic mass is 10.1. The topological polar surface area (TPSA) is 63.6 Å². The molecule has 0 fully saturated rings. The number of rotatable bonds is 11. The highest BCUT2D eigenvalue weighted by Gasteiger charge is 2.16. The van der Waals surface area contributed by atoms with Crippen LogP contribution in [0.15, 0.2) is 0 Å². The predicted molar refractivity (Wildman–Crippen MR) is 61.4 cm³/mol. The molecule has 0 aliphatic carbocycles. The standard InChI is InChI=1S/C12H22O4/c1-2-3-4-5-6-10-16-11(12(14)15)8-7-9-13/h9,11H,2-8,10H2,1H3,(H,14,15). The van der Waals surface area contributed by atoms with Gasteiger partial charge >= 0.3 is 5.97 Å². The molecule has 94 valence electrons. The van der Waals surface area contributed by atoms with Crippen molar-refractivity contribution >= 4 is 12.3 Å². The molecule has 0 radical (unpaired) electrons. The van der Waals surface area contributed by atoms with Crippen LogP contribution in [-0.4, -0.2) is 30.1 Å². The van der Waals surface area contributed by atoms with Crippen LogP contribution >= 0.6 is 0 Å². The molecule has 0 saturated carbocycles. The van der Waals surface area contributed by atoms with Crippen molar-refractivity contribution in [3.05, 3.63) is 0 Å². The lowest BCUT2D eigenvalue weighted by Crippen LogP contribution is -2.24. The van der Waals surface area contributed by atoms with Crippen molar-refractivity contribution in [1.29, 1.82) is 0 Å². The van der Waals surface area contributed by atoms with E-state index in [-0.39, 0.29) is 12.8 Å². The van der Waals surface area contributed by atoms with E-state index in [1.165, 1.54) is 19.3 Å². The number of unbranched alkanes of at least 4 members (excludes halogenated alkanes) is 4. The molecule has 4 heteroatoms. The predicted octanol–water partition coefficient (Wildman–Crippen LogP) is 2.41. The molecule has 0 amide bonds. The van der Waals surface area contributed by atoms with E-state index in [4.69, 9.17) is 9.84 Å². The molecule has 0 aromatic rings. The van der Waals surface area contributed by atoms with Crippen molar-refractivity contribution < 1.29 is 19.4 Å². The highest BCUT2D eigenvalue weighted by molar-refractivity contribution is 5.72. The summed E-state index contributed by atoms with van der Waals surface area (Å²) in [5, 5.41) is 8.80. The van der Waals surface area contributed by atoms with Gasteiger partial charge in [-0.2, -0.15) is 0 Å². The van der Waals surface area contributed by atoms with Crippen LogP contribution in [-0.2, 0) is 14.3 Å². The molecule has 1 unspecified atom stereocenters. The molecule has 0 spiro atoms. The second-order valence-corrected chi connectivity index (χ2v) is 3.86. The molecular weight excluding hydrogens is 208 g/mol. The lowest BCUT2D eigenvalue weighted by Gasteiger charge is -2.11. The van der Waals surface area contributed by atoms with Gasteiger partial charge in [-0.05, 0) is 12.8 Å². The largest absolute Gasteiger partial charge is 0.479 e. The first-order chi connectivity index (χ1) is 7.72. The second-order valence-electron chi connectivity index (χ2n) is 3.86. The van der Waals surface area contributed by atoms with Crippen LogP contribution in [0.5, 0.6) is 0 Å². The molecule has 0 aromatic heterocycles. The van der Waals surface area contributed by atoms with Crippen molar-refractivity contribution in [2.75, 3.05) is 6.61 Å². The van der Waals surface area contributed by atoms with Gasteiger partial charge in [-0.15, -0.1) is 0 Å². The molecule has 0 rings (SSSR count). The first kappa shape index (κ1) is 15.1. The van der Waals surface area contributed by atoms with Gasteiger partial charge in [-0.3, -0.25) is 0 Å². The van der Waals surface area contributed by atoms with Gasteiger partial charge in [0.05, 0.1) is 0 Å². The average Bonchev–Trinajstić information content (AvgIpc) is 2.26. The Bertz CT molecular complexity index is 191. The Kier molecular flexibility index (Phi) is 10.0. The number of aliphatic carboxylic acids is 1. The molecule has 0 bridgehead atoms. The zero-order valence-electron chi connectivity index (χ0n) is 9.98. The molecule has 1 N–H and O–H groups in total. The quantitative estimate of drug-likeness (QED) is 0.437. The zero-order chi connectivity index (χ0) is 12.2. The number of carboxylic acids is 1. The number of carboxylic acid groups (broad SMARTS) is 1. The number of hydrogen-bond donors (Lipinski definition) is 1. The van der Waals surface area contributed by atoms with Crippen molar-refractivity contribution in [2.24, 2.45) is 0 Å². The third-order valence-corrected chi connectivity index (χ3v) is 2.39. The first-order valence-electron chi connectivity index (χ1n) is 6.00. The summed E-state index contributed by atoms with van der Waals surface area (Å²) in [6, 6.07) is 0. The van der Waals surface area contributed by atoms with Crippen LogP contribution in [0.25, 0.3) is 0 Å². The van der Waals surface area contributed by atoms with Crippen LogP contribution in [0.1, 0.15) is 51.9 Å². The fourth-order valence-corrected chi connectivity index (χ4v) is 1.43. The van der Waals surface area contributed by atoms with Crippen LogP contribution in [0.2, 0.25) is 0 Å². The Morgan fingerprint density at radius 3 is 2.56 bits per heavy atom. The maximum absolute atomic E-state index is 10.7. The summed E-state index contributed by atoms with van der Waals surface area (Å²) >= 11 is 0. The summed E-state index contributed by atoms with van der Waals surface area (Å²) in [4.78, 5) is 20.9. The fraction of sp³-hybridized carbons (Fsp3) is 0.833. The maximum Gasteiger partial charge on any atom is 0.332 e. The van der Waals surface area contributed by atoms with E-state index < -0.39 is 12.1 Å². The average molecular weight is 230 g/mol. The first-order valence-corrected chi connectivity index (χ1v) is 6.00. The zero-order valence-corrected chi connectivity index (χ0v) is 9.98. The number of carbonyl (C=O) groups excluding carboxylic acids is 1. The Morgan fingerprint density at radius 2 is 2.00 bits per heavy atom. The van der Waals surface area contributed by atoms with Gasteiger partial charge in [0, 0.05) is 13.0 Å². The molecule has 16 heavy (non-hydrogen) atoms. The van der Waals surface area contributed by atoms with Gasteiger partial charge in [0.1, 0.15) is 6.29 Å². The summed E-state index contributed by atoms with van der Waals surface area (Å²) in [5.41, 5.74) is 0. The van der Waals surface area contributed by atoms with Gasteiger partial charge in [0.15, 0.2) is 6.10 Å². The number of carbonyl (C=O) groups is 2. The Balaban J connectivity index is 3.52. The molecule has 0 aromatic carbocycles. The fourth-order valence-electron chi connectivity index (χ4n) is 1.43. The van der Waals surface area contributed by atoms with Crippen LogP contribution in [0.4, 0.5) is 0 Å². The van der Waals surface area contributed by atoms with Crippen LogP contribution in [0.3, 0.4) is 0 Å². The highest BCUT2D eigenvalue weighted by atomic mass is 16.5. The Labute approximate surface area is 97.0 Å². The van der Waals surface area contributed by atoms with Crippen LogP contribution < -0.4 is 0 Å². The summed E-state index contributed by atoms with van der Waals surface area (Å²) in [5.74, 6) is -0.976. The second kappa shape index (κ2) is 10.6. The normalized spacial score (nSPS) is 12.3. The molecule has 1 atom stereocenters. The van der Waals surface area contributed by atoms with E-state index in [1.807, 2.05) is 0 Å². The molecule has 0 aliphatic heterocycles. The minimum atomic E-state index is -0.976. The van der Waals surface area contributed by atoms with Gasteiger partial charge < -0.3 is 14.6 Å². The monoisotopic (exact) mass is 230 g/mol. The molecule has 4 nitrogen and oxygen atoms in total. The molecule has 0 aliphatic rings. The van der Waals surface area contributed by atoms with Crippen molar-refractivity contribution in [1.82, 2.24) is 0 Å². The van der Waals surface area contributed by atoms with E-state index in [2.05, 4.69) is 6.92 Å². The van der Waals surface area contributed by atoms with E-state index in [0.29, 0.717) is 6.61 Å². The van der Waals surface area contributed by atoms with E-state index >= 15 is 0 Å². The SMILES string of the molecule is CCCCCCCOC(CCC=O)C(=O)O. The van der Waals surface area contributed by atoms with E-state index in [1.54, 1.807) is 0 Å². The van der Waals surface area contributed by atoms with Crippen molar-refractivity contribution in [2.45, 2.75) is 58.0 Å². The third kappa shape index (κ3) is 8.41. The van der Waals surface area contributed by atoms with Crippen molar-refractivity contribution in [3.63, 3.8) is 0 Å².